The van der Waals surface area contributed by atoms with Crippen molar-refractivity contribution in [2.45, 2.75) is 13.8 Å². The van der Waals surface area contributed by atoms with Gasteiger partial charge in [0.15, 0.2) is 0 Å². The van der Waals surface area contributed by atoms with Crippen LogP contribution in [0, 0.1) is 6.92 Å². The minimum Gasteiger partial charge on any atom is -0.352 e. The average molecular weight is 367 g/mol. The van der Waals surface area contributed by atoms with E-state index in [1.165, 1.54) is 11.3 Å². The van der Waals surface area contributed by atoms with Crippen molar-refractivity contribution in [3.8, 4) is 0 Å². The Bertz CT molecular complexity index is 682. The minimum absolute atomic E-state index is 0.148. The lowest BCUT2D eigenvalue weighted by molar-refractivity contribution is 0.0954. The van der Waals surface area contributed by atoms with Gasteiger partial charge in [0, 0.05) is 22.3 Å². The van der Waals surface area contributed by atoms with E-state index in [2.05, 4.69) is 26.6 Å². The van der Waals surface area contributed by atoms with Crippen LogP contribution in [-0.4, -0.2) is 18.4 Å². The fourth-order valence-corrected chi connectivity index (χ4v) is 3.24. The molecular weight excluding hydrogens is 352 g/mol. The molecule has 4 nitrogen and oxygen atoms in total. The molecule has 0 fully saturated rings. The molecule has 0 bridgehead atoms. The number of hydrogen-bond acceptors (Lipinski definition) is 3. The molecule has 1 heterocycles. The fraction of sp³-hybridized carbons (Fsp3) is 0.200. The van der Waals surface area contributed by atoms with Gasteiger partial charge in [0.2, 0.25) is 0 Å². The number of aryl methyl sites for hydroxylation is 1. The van der Waals surface area contributed by atoms with Crippen LogP contribution in [0.5, 0.6) is 0 Å². The Kier molecular flexibility index (Phi) is 5.14. The Hall–Kier alpha value is -1.66. The molecule has 0 radical (unpaired) electrons. The van der Waals surface area contributed by atoms with Crippen molar-refractivity contribution >= 4 is 44.8 Å². The molecule has 1 aromatic heterocycles. The van der Waals surface area contributed by atoms with Crippen LogP contribution in [0.1, 0.15) is 32.5 Å². The monoisotopic (exact) mass is 366 g/mol. The lowest BCUT2D eigenvalue weighted by Gasteiger charge is -2.10. The molecule has 6 heteroatoms. The SMILES string of the molecule is CCNC(=O)c1ccc(C)c(NC(=O)c2sccc2Br)c1. The lowest BCUT2D eigenvalue weighted by atomic mass is 10.1. The molecule has 2 aromatic rings. The van der Waals surface area contributed by atoms with Gasteiger partial charge in [-0.05, 0) is 58.9 Å². The molecule has 2 rings (SSSR count). The van der Waals surface area contributed by atoms with Gasteiger partial charge in [0.1, 0.15) is 4.88 Å². The summed E-state index contributed by atoms with van der Waals surface area (Å²) in [5.41, 5.74) is 2.08. The summed E-state index contributed by atoms with van der Waals surface area (Å²) in [4.78, 5) is 24.7. The van der Waals surface area contributed by atoms with Crippen molar-refractivity contribution in [1.29, 1.82) is 0 Å². The Labute approximate surface area is 135 Å². The Balaban J connectivity index is 2.23. The molecular formula is C15H15BrN2O2S. The molecule has 0 aliphatic rings. The third-order valence-corrected chi connectivity index (χ3v) is 4.75. The van der Waals surface area contributed by atoms with Crippen LogP contribution in [0.3, 0.4) is 0 Å². The number of halogens is 1. The summed E-state index contributed by atoms with van der Waals surface area (Å²) in [5, 5.41) is 7.44. The number of amides is 2. The zero-order chi connectivity index (χ0) is 15.4. The van der Waals surface area contributed by atoms with E-state index in [9.17, 15) is 9.59 Å². The fourth-order valence-electron chi connectivity index (χ4n) is 1.80. The summed E-state index contributed by atoms with van der Waals surface area (Å²) < 4.78 is 0.766. The Morgan fingerprint density at radius 2 is 2.00 bits per heavy atom. The second-order valence-corrected chi connectivity index (χ2v) is 6.21. The highest BCUT2D eigenvalue weighted by molar-refractivity contribution is 9.10. The summed E-state index contributed by atoms with van der Waals surface area (Å²) in [6.07, 6.45) is 0. The van der Waals surface area contributed by atoms with Crippen molar-refractivity contribution < 1.29 is 9.59 Å². The summed E-state index contributed by atoms with van der Waals surface area (Å²) in [7, 11) is 0. The standard InChI is InChI=1S/C15H15BrN2O2S/c1-3-17-14(19)10-5-4-9(2)12(8-10)18-15(20)13-11(16)6-7-21-13/h4-8H,3H2,1-2H3,(H,17,19)(H,18,20). The second kappa shape index (κ2) is 6.87. The van der Waals surface area contributed by atoms with Gasteiger partial charge in [0.25, 0.3) is 11.8 Å². The zero-order valence-electron chi connectivity index (χ0n) is 11.7. The van der Waals surface area contributed by atoms with E-state index in [1.807, 2.05) is 31.4 Å². The largest absolute Gasteiger partial charge is 0.352 e. The molecule has 0 saturated heterocycles. The first-order valence-electron chi connectivity index (χ1n) is 6.46. The second-order valence-electron chi connectivity index (χ2n) is 4.44. The van der Waals surface area contributed by atoms with Crippen LogP contribution >= 0.6 is 27.3 Å². The highest BCUT2D eigenvalue weighted by Gasteiger charge is 2.14. The molecule has 0 spiro atoms. The van der Waals surface area contributed by atoms with Gasteiger partial charge >= 0.3 is 0 Å². The quantitative estimate of drug-likeness (QED) is 0.863. The predicted molar refractivity (Wildman–Crippen MR) is 89.2 cm³/mol. The van der Waals surface area contributed by atoms with Crippen molar-refractivity contribution in [2.24, 2.45) is 0 Å². The van der Waals surface area contributed by atoms with E-state index in [0.717, 1.165) is 10.0 Å². The molecule has 1 aromatic carbocycles. The van der Waals surface area contributed by atoms with Gasteiger partial charge in [0.05, 0.1) is 0 Å². The number of hydrogen-bond donors (Lipinski definition) is 2. The van der Waals surface area contributed by atoms with Crippen LogP contribution in [-0.2, 0) is 0 Å². The van der Waals surface area contributed by atoms with Gasteiger partial charge in [-0.3, -0.25) is 9.59 Å². The van der Waals surface area contributed by atoms with Crippen LogP contribution in [0.4, 0.5) is 5.69 Å². The highest BCUT2D eigenvalue weighted by Crippen LogP contribution is 2.25. The summed E-state index contributed by atoms with van der Waals surface area (Å²) >= 11 is 4.71. The third-order valence-electron chi connectivity index (χ3n) is 2.91. The maximum absolute atomic E-state index is 12.2. The summed E-state index contributed by atoms with van der Waals surface area (Å²) in [6, 6.07) is 7.10. The molecule has 21 heavy (non-hydrogen) atoms. The number of carbonyl (C=O) groups is 2. The van der Waals surface area contributed by atoms with Gasteiger partial charge < -0.3 is 10.6 Å². The van der Waals surface area contributed by atoms with Crippen LogP contribution in [0.2, 0.25) is 0 Å². The molecule has 0 atom stereocenters. The normalized spacial score (nSPS) is 10.2. The van der Waals surface area contributed by atoms with Gasteiger partial charge in [-0.1, -0.05) is 6.07 Å². The molecule has 110 valence electrons. The van der Waals surface area contributed by atoms with Crippen LogP contribution < -0.4 is 10.6 Å². The van der Waals surface area contributed by atoms with Crippen molar-refractivity contribution in [3.05, 3.63) is 50.1 Å². The predicted octanol–water partition coefficient (Wildman–Crippen LogP) is 3.82. The van der Waals surface area contributed by atoms with Crippen LogP contribution in [0.25, 0.3) is 0 Å². The topological polar surface area (TPSA) is 58.2 Å². The number of benzene rings is 1. The zero-order valence-corrected chi connectivity index (χ0v) is 14.1. The summed E-state index contributed by atoms with van der Waals surface area (Å²) in [5.74, 6) is -0.335. The van der Waals surface area contributed by atoms with Crippen LogP contribution in [0.15, 0.2) is 34.1 Å². The first kappa shape index (κ1) is 15.7. The third kappa shape index (κ3) is 3.71. The molecule has 2 N–H and O–H groups in total. The van der Waals surface area contributed by atoms with E-state index in [-0.39, 0.29) is 11.8 Å². The number of anilines is 1. The number of nitrogens with one attached hydrogen (secondary N) is 2. The number of thiophene rings is 1. The molecule has 0 aliphatic carbocycles. The highest BCUT2D eigenvalue weighted by atomic mass is 79.9. The van der Waals surface area contributed by atoms with Gasteiger partial charge in [-0.2, -0.15) is 0 Å². The molecule has 0 saturated carbocycles. The van der Waals surface area contributed by atoms with E-state index >= 15 is 0 Å². The first-order chi connectivity index (χ1) is 10.0. The van der Waals surface area contributed by atoms with E-state index < -0.39 is 0 Å². The van der Waals surface area contributed by atoms with Gasteiger partial charge in [-0.25, -0.2) is 0 Å². The van der Waals surface area contributed by atoms with E-state index in [0.29, 0.717) is 22.7 Å². The Morgan fingerprint density at radius 3 is 2.62 bits per heavy atom. The van der Waals surface area contributed by atoms with Crippen molar-refractivity contribution in [3.63, 3.8) is 0 Å². The number of carbonyl (C=O) groups excluding carboxylic acids is 2. The minimum atomic E-state index is -0.187. The Morgan fingerprint density at radius 1 is 1.24 bits per heavy atom. The van der Waals surface area contributed by atoms with E-state index in [1.54, 1.807) is 12.1 Å². The maximum Gasteiger partial charge on any atom is 0.266 e. The smallest absolute Gasteiger partial charge is 0.266 e. The van der Waals surface area contributed by atoms with E-state index in [4.69, 9.17) is 0 Å². The molecule has 0 unspecified atom stereocenters. The summed E-state index contributed by atoms with van der Waals surface area (Å²) in [6.45, 7) is 4.32. The molecule has 2 amide bonds. The number of rotatable bonds is 4. The van der Waals surface area contributed by atoms with Crippen molar-refractivity contribution in [1.82, 2.24) is 5.32 Å². The molecule has 0 aliphatic heterocycles. The van der Waals surface area contributed by atoms with Gasteiger partial charge in [-0.15, -0.1) is 11.3 Å². The average Bonchev–Trinajstić information content (AvgIpc) is 2.87. The maximum atomic E-state index is 12.2. The first-order valence-corrected chi connectivity index (χ1v) is 8.13. The lowest BCUT2D eigenvalue weighted by Crippen LogP contribution is -2.23. The van der Waals surface area contributed by atoms with Crippen molar-refractivity contribution in [2.75, 3.05) is 11.9 Å².